The van der Waals surface area contributed by atoms with Crippen LogP contribution in [0.4, 0.5) is 0 Å². The molecule has 1 fully saturated rings. The average molecular weight is 477 g/mol. The van der Waals surface area contributed by atoms with Gasteiger partial charge in [0.2, 0.25) is 10.0 Å². The molecule has 3 rings (SSSR count). The SMILES string of the molecule is COc1ccc(C(=O)OCC(=O)NCC2CCCO2)cc1S(=O)(=O)N(C)Cc1ccccc1. The van der Waals surface area contributed by atoms with E-state index in [1.54, 1.807) is 0 Å². The Labute approximate surface area is 193 Å². The van der Waals surface area contributed by atoms with Crippen molar-refractivity contribution in [2.24, 2.45) is 0 Å². The number of rotatable bonds is 10. The van der Waals surface area contributed by atoms with E-state index < -0.39 is 28.5 Å². The third-order valence-corrected chi connectivity index (χ3v) is 7.05. The molecular weight excluding hydrogens is 448 g/mol. The molecule has 2 aromatic rings. The summed E-state index contributed by atoms with van der Waals surface area (Å²) in [5, 5.41) is 2.66. The molecule has 0 spiro atoms. The maximum absolute atomic E-state index is 13.2. The summed E-state index contributed by atoms with van der Waals surface area (Å²) in [6.45, 7) is 0.702. The number of esters is 1. The van der Waals surface area contributed by atoms with E-state index in [2.05, 4.69) is 5.32 Å². The van der Waals surface area contributed by atoms with Gasteiger partial charge >= 0.3 is 5.97 Å². The van der Waals surface area contributed by atoms with Crippen molar-refractivity contribution in [3.05, 3.63) is 59.7 Å². The molecule has 1 amide bonds. The second kappa shape index (κ2) is 11.3. The second-order valence-electron chi connectivity index (χ2n) is 7.63. The fourth-order valence-electron chi connectivity index (χ4n) is 3.40. The predicted molar refractivity (Wildman–Crippen MR) is 120 cm³/mol. The van der Waals surface area contributed by atoms with E-state index in [0.29, 0.717) is 13.2 Å². The maximum atomic E-state index is 13.2. The van der Waals surface area contributed by atoms with Crippen molar-refractivity contribution in [2.45, 2.75) is 30.4 Å². The van der Waals surface area contributed by atoms with Gasteiger partial charge in [-0.1, -0.05) is 30.3 Å². The molecule has 1 aliphatic heterocycles. The molecule has 10 heteroatoms. The topological polar surface area (TPSA) is 111 Å². The first-order valence-electron chi connectivity index (χ1n) is 10.5. The fourth-order valence-corrected chi connectivity index (χ4v) is 4.73. The zero-order chi connectivity index (χ0) is 23.8. The largest absolute Gasteiger partial charge is 0.495 e. The summed E-state index contributed by atoms with van der Waals surface area (Å²) in [6.07, 6.45) is 1.81. The van der Waals surface area contributed by atoms with Crippen LogP contribution in [0.25, 0.3) is 0 Å². The first-order valence-corrected chi connectivity index (χ1v) is 12.0. The Morgan fingerprint density at radius 1 is 1.18 bits per heavy atom. The number of carbonyl (C=O) groups is 2. The van der Waals surface area contributed by atoms with E-state index in [9.17, 15) is 18.0 Å². The Hall–Kier alpha value is -2.95. The third-order valence-electron chi connectivity index (χ3n) is 5.22. The molecule has 2 aromatic carbocycles. The molecule has 0 radical (unpaired) electrons. The van der Waals surface area contributed by atoms with Gasteiger partial charge in [-0.25, -0.2) is 13.2 Å². The van der Waals surface area contributed by atoms with E-state index >= 15 is 0 Å². The van der Waals surface area contributed by atoms with Crippen molar-refractivity contribution in [1.82, 2.24) is 9.62 Å². The molecule has 0 aliphatic carbocycles. The number of hydrogen-bond donors (Lipinski definition) is 1. The van der Waals surface area contributed by atoms with Crippen LogP contribution in [0, 0.1) is 0 Å². The molecule has 1 heterocycles. The predicted octanol–water partition coefficient (Wildman–Crippen LogP) is 1.97. The van der Waals surface area contributed by atoms with Crippen molar-refractivity contribution in [3.63, 3.8) is 0 Å². The minimum absolute atomic E-state index is 0.00517. The molecule has 1 unspecified atom stereocenters. The van der Waals surface area contributed by atoms with Gasteiger partial charge in [0, 0.05) is 26.7 Å². The molecule has 0 aromatic heterocycles. The lowest BCUT2D eigenvalue weighted by Crippen LogP contribution is -2.34. The van der Waals surface area contributed by atoms with Gasteiger partial charge in [-0.2, -0.15) is 4.31 Å². The van der Waals surface area contributed by atoms with Gasteiger partial charge in [0.05, 0.1) is 18.8 Å². The first-order chi connectivity index (χ1) is 15.8. The third kappa shape index (κ3) is 6.53. The highest BCUT2D eigenvalue weighted by Gasteiger charge is 2.27. The molecule has 1 aliphatic rings. The fraction of sp³-hybridized carbons (Fsp3) is 0.391. The molecule has 9 nitrogen and oxygen atoms in total. The van der Waals surface area contributed by atoms with E-state index in [0.717, 1.165) is 18.4 Å². The van der Waals surface area contributed by atoms with Gasteiger partial charge < -0.3 is 19.5 Å². The lowest BCUT2D eigenvalue weighted by atomic mass is 10.2. The summed E-state index contributed by atoms with van der Waals surface area (Å²) in [5.41, 5.74) is 0.807. The Balaban J connectivity index is 1.67. The molecule has 33 heavy (non-hydrogen) atoms. The van der Waals surface area contributed by atoms with Gasteiger partial charge in [-0.15, -0.1) is 0 Å². The number of carbonyl (C=O) groups excluding carboxylic acids is 2. The van der Waals surface area contributed by atoms with Crippen molar-refractivity contribution in [2.75, 3.05) is 33.9 Å². The summed E-state index contributed by atoms with van der Waals surface area (Å²) >= 11 is 0. The van der Waals surface area contributed by atoms with Crippen LogP contribution in [0.3, 0.4) is 0 Å². The minimum Gasteiger partial charge on any atom is -0.495 e. The molecule has 1 atom stereocenters. The molecule has 178 valence electrons. The average Bonchev–Trinajstić information content (AvgIpc) is 3.35. The summed E-state index contributed by atoms with van der Waals surface area (Å²) in [6, 6.07) is 13.1. The van der Waals surface area contributed by atoms with Crippen LogP contribution in [0.2, 0.25) is 0 Å². The van der Waals surface area contributed by atoms with Crippen LogP contribution in [-0.2, 0) is 30.8 Å². The zero-order valence-corrected chi connectivity index (χ0v) is 19.5. The van der Waals surface area contributed by atoms with E-state index in [1.807, 2.05) is 30.3 Å². The first kappa shape index (κ1) is 24.7. The monoisotopic (exact) mass is 476 g/mol. The zero-order valence-electron chi connectivity index (χ0n) is 18.7. The summed E-state index contributed by atoms with van der Waals surface area (Å²) in [4.78, 5) is 24.3. The quantitative estimate of drug-likeness (QED) is 0.522. The smallest absolute Gasteiger partial charge is 0.338 e. The lowest BCUT2D eigenvalue weighted by Gasteiger charge is -2.19. The van der Waals surface area contributed by atoms with E-state index in [1.165, 1.54) is 36.7 Å². The van der Waals surface area contributed by atoms with Crippen LogP contribution < -0.4 is 10.1 Å². The summed E-state index contributed by atoms with van der Waals surface area (Å²) < 4.78 is 43.2. The molecule has 1 saturated heterocycles. The standard InChI is InChI=1S/C23H28N2O7S/c1-25(15-17-7-4-3-5-8-17)33(28,29)21-13-18(10-11-20(21)30-2)23(27)32-16-22(26)24-14-19-9-6-12-31-19/h3-5,7-8,10-11,13,19H,6,9,12,14-16H2,1-2H3,(H,24,26). The van der Waals surface area contributed by atoms with E-state index in [4.69, 9.17) is 14.2 Å². The Morgan fingerprint density at radius 3 is 2.61 bits per heavy atom. The van der Waals surface area contributed by atoms with Crippen molar-refractivity contribution in [3.8, 4) is 5.75 Å². The Morgan fingerprint density at radius 2 is 1.94 bits per heavy atom. The molecule has 1 N–H and O–H groups in total. The van der Waals surface area contributed by atoms with Crippen LogP contribution in [0.1, 0.15) is 28.8 Å². The highest BCUT2D eigenvalue weighted by molar-refractivity contribution is 7.89. The highest BCUT2D eigenvalue weighted by atomic mass is 32.2. The van der Waals surface area contributed by atoms with Crippen LogP contribution in [0.15, 0.2) is 53.4 Å². The maximum Gasteiger partial charge on any atom is 0.338 e. The second-order valence-corrected chi connectivity index (χ2v) is 9.64. The van der Waals surface area contributed by atoms with Gasteiger partial charge in [-0.05, 0) is 36.6 Å². The number of hydrogen-bond acceptors (Lipinski definition) is 7. The van der Waals surface area contributed by atoms with Gasteiger partial charge in [-0.3, -0.25) is 4.79 Å². The molecule has 0 bridgehead atoms. The van der Waals surface area contributed by atoms with Crippen molar-refractivity contribution < 1.29 is 32.2 Å². The summed E-state index contributed by atoms with van der Waals surface area (Å²) in [7, 11) is -1.18. The molecular formula is C23H28N2O7S. The van der Waals surface area contributed by atoms with Crippen molar-refractivity contribution in [1.29, 1.82) is 0 Å². The Kier molecular flexibility index (Phi) is 8.43. The number of ether oxygens (including phenoxy) is 3. The Bertz CT molecular complexity index is 1070. The van der Waals surface area contributed by atoms with Crippen LogP contribution in [-0.4, -0.2) is 64.6 Å². The summed E-state index contributed by atoms with van der Waals surface area (Å²) in [5.74, 6) is -1.17. The van der Waals surface area contributed by atoms with Crippen molar-refractivity contribution >= 4 is 21.9 Å². The minimum atomic E-state index is -3.98. The van der Waals surface area contributed by atoms with Crippen LogP contribution in [0.5, 0.6) is 5.75 Å². The van der Waals surface area contributed by atoms with E-state index in [-0.39, 0.29) is 28.9 Å². The highest BCUT2D eigenvalue weighted by Crippen LogP contribution is 2.28. The van der Waals surface area contributed by atoms with Gasteiger partial charge in [0.15, 0.2) is 6.61 Å². The number of benzene rings is 2. The number of amides is 1. The molecule has 0 saturated carbocycles. The van der Waals surface area contributed by atoms with Gasteiger partial charge in [0.1, 0.15) is 10.6 Å². The lowest BCUT2D eigenvalue weighted by molar-refractivity contribution is -0.124. The number of sulfonamides is 1. The number of methoxy groups -OCH3 is 1. The van der Waals surface area contributed by atoms with Gasteiger partial charge in [0.25, 0.3) is 5.91 Å². The number of nitrogens with zero attached hydrogens (tertiary/aromatic N) is 1. The number of nitrogens with one attached hydrogen (secondary N) is 1. The normalized spacial score (nSPS) is 15.9. The van der Waals surface area contributed by atoms with Crippen LogP contribution >= 0.6 is 0 Å².